The molecule has 1 aromatic rings. The first kappa shape index (κ1) is 11.9. The predicted octanol–water partition coefficient (Wildman–Crippen LogP) is 2.13. The number of ether oxygens (including phenoxy) is 1. The minimum absolute atomic E-state index is 0.0228. The number of rotatable bonds is 2. The van der Waals surface area contributed by atoms with Gasteiger partial charge < -0.3 is 10.1 Å². The molecule has 0 aromatic heterocycles. The fraction of sp³-hybridized carbons (Fsp3) is 0.500. The first-order valence-electron chi connectivity index (χ1n) is 7.21. The zero-order valence-corrected chi connectivity index (χ0v) is 11.3. The topological polar surface area (TPSA) is 55.4 Å². The molecule has 1 aliphatic heterocycles. The Balaban J connectivity index is 1.56. The molecule has 1 N–H and O–H groups in total. The van der Waals surface area contributed by atoms with E-state index in [0.717, 1.165) is 24.1 Å². The molecular formula is C16H17NO3. The predicted molar refractivity (Wildman–Crippen MR) is 72.9 cm³/mol. The molecule has 2 aliphatic carbocycles. The van der Waals surface area contributed by atoms with E-state index in [2.05, 4.69) is 5.32 Å². The van der Waals surface area contributed by atoms with Crippen molar-refractivity contribution in [2.45, 2.75) is 25.9 Å². The molecule has 0 unspecified atom stereocenters. The van der Waals surface area contributed by atoms with Crippen LogP contribution in [0.4, 0.5) is 5.69 Å². The van der Waals surface area contributed by atoms with Crippen LogP contribution in [-0.4, -0.2) is 18.0 Å². The van der Waals surface area contributed by atoms with E-state index in [0.29, 0.717) is 5.92 Å². The second kappa shape index (κ2) is 4.08. The SMILES string of the molecule is Cc1cccc(NC(=O)[C@H]2[C@@H]3C[C@H]4[C@@H]2C(=O)O[C@@H]4C3)c1. The summed E-state index contributed by atoms with van der Waals surface area (Å²) in [6.07, 6.45) is 1.91. The molecule has 3 fully saturated rings. The molecule has 0 radical (unpaired) electrons. The van der Waals surface area contributed by atoms with Gasteiger partial charge in [0, 0.05) is 11.6 Å². The van der Waals surface area contributed by atoms with Crippen LogP contribution in [-0.2, 0) is 14.3 Å². The van der Waals surface area contributed by atoms with Crippen molar-refractivity contribution in [1.82, 2.24) is 0 Å². The van der Waals surface area contributed by atoms with Crippen molar-refractivity contribution in [2.75, 3.05) is 5.32 Å². The van der Waals surface area contributed by atoms with Crippen LogP contribution < -0.4 is 5.32 Å². The highest BCUT2D eigenvalue weighted by molar-refractivity contribution is 5.97. The minimum atomic E-state index is -0.205. The summed E-state index contributed by atoms with van der Waals surface area (Å²) in [6, 6.07) is 7.74. The number of anilines is 1. The lowest BCUT2D eigenvalue weighted by molar-refractivity contribution is -0.145. The van der Waals surface area contributed by atoms with Crippen LogP contribution in [0.25, 0.3) is 0 Å². The number of nitrogens with one attached hydrogen (secondary N) is 1. The molecule has 3 aliphatic rings. The number of hydrogen-bond acceptors (Lipinski definition) is 3. The highest BCUT2D eigenvalue weighted by atomic mass is 16.6. The normalized spacial score (nSPS) is 37.0. The van der Waals surface area contributed by atoms with Crippen molar-refractivity contribution < 1.29 is 14.3 Å². The summed E-state index contributed by atoms with van der Waals surface area (Å²) in [5.41, 5.74) is 1.91. The van der Waals surface area contributed by atoms with E-state index in [4.69, 9.17) is 4.74 Å². The second-order valence-corrected chi connectivity index (χ2v) is 6.28. The van der Waals surface area contributed by atoms with Crippen LogP contribution >= 0.6 is 0 Å². The molecule has 2 saturated carbocycles. The number of carbonyl (C=O) groups excluding carboxylic acids is 2. The van der Waals surface area contributed by atoms with E-state index in [1.165, 1.54) is 0 Å². The number of fused-ring (bicyclic) bond motifs is 1. The van der Waals surface area contributed by atoms with Gasteiger partial charge in [0.05, 0.1) is 11.8 Å². The summed E-state index contributed by atoms with van der Waals surface area (Å²) < 4.78 is 5.37. The van der Waals surface area contributed by atoms with Gasteiger partial charge in [0.25, 0.3) is 0 Å². The maximum atomic E-state index is 12.5. The van der Waals surface area contributed by atoms with Gasteiger partial charge in [-0.3, -0.25) is 9.59 Å². The lowest BCUT2D eigenvalue weighted by Gasteiger charge is -2.23. The van der Waals surface area contributed by atoms with Gasteiger partial charge in [-0.05, 0) is 43.4 Å². The molecule has 2 bridgehead atoms. The third-order valence-corrected chi connectivity index (χ3v) is 5.07. The minimum Gasteiger partial charge on any atom is -0.462 e. The number of carbonyl (C=O) groups is 2. The Bertz CT molecular complexity index is 595. The summed E-state index contributed by atoms with van der Waals surface area (Å²) in [5.74, 6) is -0.00266. The molecule has 20 heavy (non-hydrogen) atoms. The van der Waals surface area contributed by atoms with E-state index >= 15 is 0 Å². The maximum absolute atomic E-state index is 12.5. The van der Waals surface area contributed by atoms with E-state index in [1.807, 2.05) is 31.2 Å². The zero-order valence-electron chi connectivity index (χ0n) is 11.3. The Labute approximate surface area is 117 Å². The highest BCUT2D eigenvalue weighted by Crippen LogP contribution is 2.57. The van der Waals surface area contributed by atoms with Gasteiger partial charge in [-0.1, -0.05) is 12.1 Å². The number of esters is 1. The van der Waals surface area contributed by atoms with Gasteiger partial charge >= 0.3 is 5.97 Å². The van der Waals surface area contributed by atoms with Gasteiger partial charge in [0.15, 0.2) is 0 Å². The molecule has 4 heteroatoms. The standard InChI is InChI=1S/C16H17NO3/c1-8-3-2-4-10(5-8)17-15(18)13-9-6-11-12(7-9)20-16(19)14(11)13/h2-5,9,11-14H,6-7H2,1H3,(H,17,18)/t9-,11-,12-,13+,14+/m1/s1. The van der Waals surface area contributed by atoms with Crippen LogP contribution in [0.1, 0.15) is 18.4 Å². The summed E-state index contributed by atoms with van der Waals surface area (Å²) >= 11 is 0. The zero-order chi connectivity index (χ0) is 13.9. The van der Waals surface area contributed by atoms with Crippen molar-refractivity contribution in [2.24, 2.45) is 23.7 Å². The molecule has 1 aromatic carbocycles. The fourth-order valence-corrected chi connectivity index (χ4v) is 4.31. The van der Waals surface area contributed by atoms with Crippen molar-refractivity contribution in [3.05, 3.63) is 29.8 Å². The van der Waals surface area contributed by atoms with Gasteiger partial charge in [-0.2, -0.15) is 0 Å². The first-order chi connectivity index (χ1) is 9.63. The molecule has 1 heterocycles. The molecule has 0 spiro atoms. The smallest absolute Gasteiger partial charge is 0.310 e. The van der Waals surface area contributed by atoms with Crippen molar-refractivity contribution >= 4 is 17.6 Å². The lowest BCUT2D eigenvalue weighted by Crippen LogP contribution is -2.35. The average Bonchev–Trinajstić information content (AvgIpc) is 2.99. The van der Waals surface area contributed by atoms with Crippen LogP contribution in [0.3, 0.4) is 0 Å². The van der Waals surface area contributed by atoms with E-state index < -0.39 is 0 Å². The molecule has 1 amide bonds. The van der Waals surface area contributed by atoms with Crippen molar-refractivity contribution in [3.8, 4) is 0 Å². The Morgan fingerprint density at radius 2 is 2.20 bits per heavy atom. The quantitative estimate of drug-likeness (QED) is 0.838. The highest BCUT2D eigenvalue weighted by Gasteiger charge is 2.63. The molecule has 104 valence electrons. The van der Waals surface area contributed by atoms with E-state index in [1.54, 1.807) is 0 Å². The molecular weight excluding hydrogens is 254 g/mol. The molecule has 4 nitrogen and oxygen atoms in total. The van der Waals surface area contributed by atoms with Gasteiger partial charge in [0.2, 0.25) is 5.91 Å². The fourth-order valence-electron chi connectivity index (χ4n) is 4.31. The number of hydrogen-bond donors (Lipinski definition) is 1. The Hall–Kier alpha value is -1.84. The van der Waals surface area contributed by atoms with Crippen molar-refractivity contribution in [1.29, 1.82) is 0 Å². The molecule has 4 rings (SSSR count). The first-order valence-corrected chi connectivity index (χ1v) is 7.21. The largest absolute Gasteiger partial charge is 0.462 e. The van der Waals surface area contributed by atoms with Gasteiger partial charge in [-0.25, -0.2) is 0 Å². The van der Waals surface area contributed by atoms with Crippen molar-refractivity contribution in [3.63, 3.8) is 0 Å². The Morgan fingerprint density at radius 1 is 1.35 bits per heavy atom. The number of amides is 1. The van der Waals surface area contributed by atoms with E-state index in [9.17, 15) is 9.59 Å². The van der Waals surface area contributed by atoms with E-state index in [-0.39, 0.29) is 35.7 Å². The summed E-state index contributed by atoms with van der Waals surface area (Å²) in [7, 11) is 0. The Kier molecular flexibility index (Phi) is 2.43. The summed E-state index contributed by atoms with van der Waals surface area (Å²) in [5, 5.41) is 2.97. The molecule has 5 atom stereocenters. The van der Waals surface area contributed by atoms with Gasteiger partial charge in [0.1, 0.15) is 6.10 Å². The number of aryl methyl sites for hydroxylation is 1. The lowest BCUT2D eigenvalue weighted by atomic mass is 9.79. The van der Waals surface area contributed by atoms with Gasteiger partial charge in [-0.15, -0.1) is 0 Å². The van der Waals surface area contributed by atoms with Crippen LogP contribution in [0.2, 0.25) is 0 Å². The summed E-state index contributed by atoms with van der Waals surface area (Å²) in [6.45, 7) is 1.99. The second-order valence-electron chi connectivity index (χ2n) is 6.28. The van der Waals surface area contributed by atoms with Crippen LogP contribution in [0.15, 0.2) is 24.3 Å². The molecule has 1 saturated heterocycles. The van der Waals surface area contributed by atoms with Crippen LogP contribution in [0.5, 0.6) is 0 Å². The average molecular weight is 271 g/mol. The Morgan fingerprint density at radius 3 is 3.00 bits per heavy atom. The summed E-state index contributed by atoms with van der Waals surface area (Å²) in [4.78, 5) is 24.4. The monoisotopic (exact) mass is 271 g/mol. The van der Waals surface area contributed by atoms with Crippen LogP contribution in [0, 0.1) is 30.6 Å². The number of benzene rings is 1. The third kappa shape index (κ3) is 1.60. The maximum Gasteiger partial charge on any atom is 0.310 e. The third-order valence-electron chi connectivity index (χ3n) is 5.07.